The Morgan fingerprint density at radius 1 is 1.00 bits per heavy atom. The van der Waals surface area contributed by atoms with Gasteiger partial charge in [0.2, 0.25) is 0 Å². The Kier molecular flexibility index (Phi) is 3.76. The fourth-order valence-corrected chi connectivity index (χ4v) is 1.83. The zero-order chi connectivity index (χ0) is 14.0. The molecule has 2 aromatic carbocycles. The van der Waals surface area contributed by atoms with Gasteiger partial charge in [-0.25, -0.2) is 13.2 Å². The summed E-state index contributed by atoms with van der Waals surface area (Å²) in [6.45, 7) is 0. The molecule has 19 heavy (non-hydrogen) atoms. The van der Waals surface area contributed by atoms with Gasteiger partial charge in [0.25, 0.3) is 0 Å². The number of nitrogens with two attached hydrogens (primary N) is 1. The molecule has 100 valence electrons. The summed E-state index contributed by atoms with van der Waals surface area (Å²) in [5.41, 5.74) is 6.51. The summed E-state index contributed by atoms with van der Waals surface area (Å²) in [6.07, 6.45) is -1.06. The van der Waals surface area contributed by atoms with Crippen LogP contribution in [-0.2, 0) is 6.42 Å². The van der Waals surface area contributed by atoms with E-state index in [1.807, 2.05) is 0 Å². The highest BCUT2D eigenvalue weighted by molar-refractivity contribution is 5.48. The highest BCUT2D eigenvalue weighted by Crippen LogP contribution is 2.25. The van der Waals surface area contributed by atoms with E-state index >= 15 is 0 Å². The second-order valence-electron chi connectivity index (χ2n) is 4.24. The molecular formula is C14H12F3NO. The van der Waals surface area contributed by atoms with Crippen molar-refractivity contribution in [1.82, 2.24) is 0 Å². The Labute approximate surface area is 108 Å². The van der Waals surface area contributed by atoms with E-state index in [1.165, 1.54) is 18.2 Å². The molecule has 0 aliphatic carbocycles. The summed E-state index contributed by atoms with van der Waals surface area (Å²) in [6, 6.07) is 6.99. The van der Waals surface area contributed by atoms with Gasteiger partial charge in [-0.2, -0.15) is 0 Å². The number of hydrogen-bond acceptors (Lipinski definition) is 2. The number of benzene rings is 2. The van der Waals surface area contributed by atoms with Crippen molar-refractivity contribution in [3.8, 4) is 0 Å². The van der Waals surface area contributed by atoms with Crippen molar-refractivity contribution in [2.24, 2.45) is 0 Å². The van der Waals surface area contributed by atoms with Crippen LogP contribution in [-0.4, -0.2) is 5.11 Å². The third kappa shape index (κ3) is 3.06. The van der Waals surface area contributed by atoms with Gasteiger partial charge in [-0.3, -0.25) is 0 Å². The maximum atomic E-state index is 13.1. The Morgan fingerprint density at radius 3 is 2.42 bits per heavy atom. The Balaban J connectivity index is 2.22. The highest BCUT2D eigenvalue weighted by Gasteiger charge is 2.14. The number of anilines is 1. The third-order valence-corrected chi connectivity index (χ3v) is 2.82. The highest BCUT2D eigenvalue weighted by atomic mass is 19.2. The maximum Gasteiger partial charge on any atom is 0.159 e. The standard InChI is InChI=1S/C14H12F3NO/c15-9-2-4-13(18)10(7-9)14(19)6-8-1-3-11(16)12(17)5-8/h1-5,7,14,19H,6,18H2. The third-order valence-electron chi connectivity index (χ3n) is 2.82. The first kappa shape index (κ1) is 13.4. The van der Waals surface area contributed by atoms with Crippen molar-refractivity contribution in [2.75, 3.05) is 5.73 Å². The lowest BCUT2D eigenvalue weighted by molar-refractivity contribution is 0.178. The number of halogens is 3. The van der Waals surface area contributed by atoms with Gasteiger partial charge in [0.15, 0.2) is 11.6 Å². The lowest BCUT2D eigenvalue weighted by atomic mass is 10.00. The van der Waals surface area contributed by atoms with Gasteiger partial charge in [-0.1, -0.05) is 6.07 Å². The lowest BCUT2D eigenvalue weighted by Crippen LogP contribution is -2.06. The first-order chi connectivity index (χ1) is 8.97. The first-order valence-electron chi connectivity index (χ1n) is 5.64. The predicted octanol–water partition coefficient (Wildman–Crippen LogP) is 2.96. The van der Waals surface area contributed by atoms with Crippen molar-refractivity contribution in [3.05, 3.63) is 65.0 Å². The topological polar surface area (TPSA) is 46.2 Å². The summed E-state index contributed by atoms with van der Waals surface area (Å²) >= 11 is 0. The molecule has 3 N–H and O–H groups in total. The second-order valence-corrected chi connectivity index (χ2v) is 4.24. The molecule has 2 rings (SSSR count). The molecule has 0 aliphatic rings. The van der Waals surface area contributed by atoms with Crippen LogP contribution in [0.5, 0.6) is 0 Å². The molecule has 0 fully saturated rings. The summed E-state index contributed by atoms with van der Waals surface area (Å²) < 4.78 is 38.9. The van der Waals surface area contributed by atoms with Crippen LogP contribution in [0.2, 0.25) is 0 Å². The fourth-order valence-electron chi connectivity index (χ4n) is 1.83. The molecule has 0 bridgehead atoms. The van der Waals surface area contributed by atoms with E-state index in [0.717, 1.165) is 18.2 Å². The number of nitrogen functional groups attached to an aromatic ring is 1. The van der Waals surface area contributed by atoms with E-state index in [9.17, 15) is 18.3 Å². The van der Waals surface area contributed by atoms with Crippen LogP contribution in [0.1, 0.15) is 17.2 Å². The second kappa shape index (κ2) is 5.32. The summed E-state index contributed by atoms with van der Waals surface area (Å²) in [7, 11) is 0. The summed E-state index contributed by atoms with van der Waals surface area (Å²) in [4.78, 5) is 0. The normalized spacial score (nSPS) is 12.4. The fraction of sp³-hybridized carbons (Fsp3) is 0.143. The van der Waals surface area contributed by atoms with E-state index in [1.54, 1.807) is 0 Å². The molecular weight excluding hydrogens is 255 g/mol. The molecule has 0 heterocycles. The van der Waals surface area contributed by atoms with Crippen molar-refractivity contribution >= 4 is 5.69 Å². The SMILES string of the molecule is Nc1ccc(F)cc1C(O)Cc1ccc(F)c(F)c1. The molecule has 0 aromatic heterocycles. The van der Waals surface area contributed by atoms with E-state index in [4.69, 9.17) is 5.73 Å². The van der Waals surface area contributed by atoms with E-state index in [2.05, 4.69) is 0 Å². The minimum Gasteiger partial charge on any atom is -0.398 e. The number of aliphatic hydroxyl groups is 1. The van der Waals surface area contributed by atoms with Crippen molar-refractivity contribution < 1.29 is 18.3 Å². The lowest BCUT2D eigenvalue weighted by Gasteiger charge is -2.13. The summed E-state index contributed by atoms with van der Waals surface area (Å²) in [5, 5.41) is 9.98. The number of rotatable bonds is 3. The molecule has 1 unspecified atom stereocenters. The number of aliphatic hydroxyl groups excluding tert-OH is 1. The molecule has 2 nitrogen and oxygen atoms in total. The van der Waals surface area contributed by atoms with Gasteiger partial charge >= 0.3 is 0 Å². The van der Waals surface area contributed by atoms with Crippen LogP contribution < -0.4 is 5.73 Å². The van der Waals surface area contributed by atoms with Crippen molar-refractivity contribution in [2.45, 2.75) is 12.5 Å². The van der Waals surface area contributed by atoms with Gasteiger partial charge in [-0.15, -0.1) is 0 Å². The van der Waals surface area contributed by atoms with Crippen LogP contribution in [0.25, 0.3) is 0 Å². The molecule has 2 aromatic rings. The Morgan fingerprint density at radius 2 is 1.74 bits per heavy atom. The largest absolute Gasteiger partial charge is 0.398 e. The van der Waals surface area contributed by atoms with Crippen molar-refractivity contribution in [3.63, 3.8) is 0 Å². The molecule has 0 saturated carbocycles. The summed E-state index contributed by atoms with van der Waals surface area (Å²) in [5.74, 6) is -2.46. The molecule has 0 saturated heterocycles. The zero-order valence-electron chi connectivity index (χ0n) is 9.91. The molecule has 5 heteroatoms. The average Bonchev–Trinajstić information content (AvgIpc) is 2.36. The minimum atomic E-state index is -1.08. The Hall–Kier alpha value is -2.01. The molecule has 1 atom stereocenters. The van der Waals surface area contributed by atoms with Crippen LogP contribution in [0.3, 0.4) is 0 Å². The van der Waals surface area contributed by atoms with Crippen molar-refractivity contribution in [1.29, 1.82) is 0 Å². The van der Waals surface area contributed by atoms with Crippen LogP contribution in [0, 0.1) is 17.5 Å². The number of hydrogen-bond donors (Lipinski definition) is 2. The average molecular weight is 267 g/mol. The van der Waals surface area contributed by atoms with Gasteiger partial charge < -0.3 is 10.8 Å². The monoisotopic (exact) mass is 267 g/mol. The Bertz CT molecular complexity index is 601. The van der Waals surface area contributed by atoms with Crippen LogP contribution in [0.4, 0.5) is 18.9 Å². The maximum absolute atomic E-state index is 13.1. The molecule has 0 aliphatic heterocycles. The smallest absolute Gasteiger partial charge is 0.159 e. The zero-order valence-corrected chi connectivity index (χ0v) is 9.91. The van der Waals surface area contributed by atoms with Gasteiger partial charge in [0.1, 0.15) is 5.82 Å². The molecule has 0 spiro atoms. The van der Waals surface area contributed by atoms with E-state index in [0.29, 0.717) is 5.56 Å². The molecule has 0 radical (unpaired) electrons. The van der Waals surface area contributed by atoms with Crippen LogP contribution in [0.15, 0.2) is 36.4 Å². The van der Waals surface area contributed by atoms with Gasteiger partial charge in [0.05, 0.1) is 6.10 Å². The van der Waals surface area contributed by atoms with Gasteiger partial charge in [0, 0.05) is 17.7 Å². The quantitative estimate of drug-likeness (QED) is 0.840. The van der Waals surface area contributed by atoms with Gasteiger partial charge in [-0.05, 0) is 35.9 Å². The first-order valence-corrected chi connectivity index (χ1v) is 5.64. The van der Waals surface area contributed by atoms with E-state index < -0.39 is 23.6 Å². The molecule has 0 amide bonds. The minimum absolute atomic E-state index is 0.0187. The van der Waals surface area contributed by atoms with Crippen LogP contribution >= 0.6 is 0 Å². The predicted molar refractivity (Wildman–Crippen MR) is 65.8 cm³/mol. The van der Waals surface area contributed by atoms with E-state index in [-0.39, 0.29) is 17.7 Å².